The van der Waals surface area contributed by atoms with Crippen molar-refractivity contribution in [2.75, 3.05) is 0 Å². The van der Waals surface area contributed by atoms with Crippen LogP contribution in [0.2, 0.25) is 0 Å². The number of carboxylic acid groups (broad SMARTS) is 1. The van der Waals surface area contributed by atoms with Crippen LogP contribution in [-0.2, 0) is 14.3 Å². The monoisotopic (exact) mass is 376 g/mol. The number of hydrogen-bond donors (Lipinski definition) is 3. The molecule has 1 atom stereocenters. The summed E-state index contributed by atoms with van der Waals surface area (Å²) in [6.07, 6.45) is 0.968. The minimum atomic E-state index is -1.27. The second-order valence-corrected chi connectivity index (χ2v) is 7.59. The maximum Gasteiger partial charge on any atom is 0.408 e. The van der Waals surface area contributed by atoms with Gasteiger partial charge in [-0.3, -0.25) is 4.79 Å². The number of alkyl carbamates (subject to hydrolysis) is 1. The average molecular weight is 376 g/mol. The number of carbonyl (C=O) groups is 3. The van der Waals surface area contributed by atoms with Gasteiger partial charge in [-0.1, -0.05) is 44.2 Å². The van der Waals surface area contributed by atoms with Gasteiger partial charge in [0.1, 0.15) is 17.3 Å². The highest BCUT2D eigenvalue weighted by Crippen LogP contribution is 2.11. The van der Waals surface area contributed by atoms with Crippen molar-refractivity contribution in [1.82, 2.24) is 10.6 Å². The summed E-state index contributed by atoms with van der Waals surface area (Å²) in [5.74, 6) is -1.78. The molecule has 7 nitrogen and oxygen atoms in total. The van der Waals surface area contributed by atoms with Gasteiger partial charge in [0.2, 0.25) is 5.91 Å². The third kappa shape index (κ3) is 8.89. The number of carboxylic acids is 1. The number of benzene rings is 1. The highest BCUT2D eigenvalue weighted by Gasteiger charge is 2.26. The molecule has 0 aliphatic carbocycles. The summed E-state index contributed by atoms with van der Waals surface area (Å²) in [7, 11) is 0. The molecule has 7 heteroatoms. The lowest BCUT2D eigenvalue weighted by molar-refractivity contribution is -0.134. The third-order valence-corrected chi connectivity index (χ3v) is 3.31. The van der Waals surface area contributed by atoms with Gasteiger partial charge in [-0.05, 0) is 44.7 Å². The predicted octanol–water partition coefficient (Wildman–Crippen LogP) is 3.17. The SMILES string of the molecule is CC(C)C[C@H](NC(=O)OC(C)(C)C)C(=O)NC(=Cc1ccccc1)C(=O)O. The number of amides is 2. The molecule has 0 aliphatic rings. The molecule has 0 saturated carbocycles. The molecule has 0 heterocycles. The lowest BCUT2D eigenvalue weighted by Gasteiger charge is -2.24. The molecule has 0 bridgehead atoms. The van der Waals surface area contributed by atoms with E-state index in [1.54, 1.807) is 51.1 Å². The zero-order valence-corrected chi connectivity index (χ0v) is 16.4. The minimum absolute atomic E-state index is 0.0991. The molecule has 148 valence electrons. The van der Waals surface area contributed by atoms with Gasteiger partial charge in [-0.25, -0.2) is 9.59 Å². The van der Waals surface area contributed by atoms with E-state index in [-0.39, 0.29) is 11.6 Å². The first-order valence-electron chi connectivity index (χ1n) is 8.78. The highest BCUT2D eigenvalue weighted by molar-refractivity contribution is 5.98. The molecular formula is C20H28N2O5. The first-order chi connectivity index (χ1) is 12.5. The summed E-state index contributed by atoms with van der Waals surface area (Å²) in [6, 6.07) is 7.86. The van der Waals surface area contributed by atoms with Gasteiger partial charge in [-0.2, -0.15) is 0 Å². The van der Waals surface area contributed by atoms with Crippen molar-refractivity contribution in [3.05, 3.63) is 41.6 Å². The number of aliphatic carboxylic acids is 1. The maximum atomic E-state index is 12.6. The first kappa shape index (κ1) is 22.2. The van der Waals surface area contributed by atoms with E-state index < -0.39 is 29.6 Å². The molecule has 1 aromatic rings. The normalized spacial score (nSPS) is 13.0. The van der Waals surface area contributed by atoms with E-state index in [2.05, 4.69) is 10.6 Å². The van der Waals surface area contributed by atoms with Gasteiger partial charge < -0.3 is 20.5 Å². The Morgan fingerprint density at radius 1 is 1.15 bits per heavy atom. The second-order valence-electron chi connectivity index (χ2n) is 7.59. The van der Waals surface area contributed by atoms with Gasteiger partial charge in [0.15, 0.2) is 0 Å². The van der Waals surface area contributed by atoms with Crippen LogP contribution in [0.4, 0.5) is 4.79 Å². The zero-order valence-electron chi connectivity index (χ0n) is 16.4. The standard InChI is InChI=1S/C20H28N2O5/c1-13(2)11-15(22-19(26)27-20(3,4)5)17(23)21-16(18(24)25)12-14-9-7-6-8-10-14/h6-10,12-13,15H,11H2,1-5H3,(H,21,23)(H,22,26)(H,24,25)/t15-/m0/s1. The molecule has 27 heavy (non-hydrogen) atoms. The molecule has 0 aliphatic heterocycles. The van der Waals surface area contributed by atoms with Gasteiger partial charge in [0.05, 0.1) is 0 Å². The Kier molecular flexibility index (Phi) is 8.02. The number of ether oxygens (including phenoxy) is 1. The largest absolute Gasteiger partial charge is 0.477 e. The maximum absolute atomic E-state index is 12.6. The smallest absolute Gasteiger partial charge is 0.408 e. The summed E-state index contributed by atoms with van der Waals surface area (Å²) < 4.78 is 5.19. The van der Waals surface area contributed by atoms with Crippen LogP contribution < -0.4 is 10.6 Å². The van der Waals surface area contributed by atoms with Crippen molar-refractivity contribution in [3.8, 4) is 0 Å². The predicted molar refractivity (Wildman–Crippen MR) is 103 cm³/mol. The highest BCUT2D eigenvalue weighted by atomic mass is 16.6. The summed E-state index contributed by atoms with van der Waals surface area (Å²) in [4.78, 5) is 36.1. The van der Waals surface area contributed by atoms with Crippen LogP contribution in [0.1, 0.15) is 46.6 Å². The molecule has 0 radical (unpaired) electrons. The van der Waals surface area contributed by atoms with E-state index in [4.69, 9.17) is 4.74 Å². The molecule has 3 N–H and O–H groups in total. The summed E-state index contributed by atoms with van der Waals surface area (Å²) in [6.45, 7) is 8.95. The van der Waals surface area contributed by atoms with Crippen LogP contribution in [0.5, 0.6) is 0 Å². The average Bonchev–Trinajstić information content (AvgIpc) is 2.52. The summed E-state index contributed by atoms with van der Waals surface area (Å²) in [5.41, 5.74) is -0.343. The van der Waals surface area contributed by atoms with Crippen molar-refractivity contribution in [1.29, 1.82) is 0 Å². The molecule has 1 aromatic carbocycles. The van der Waals surface area contributed by atoms with E-state index in [1.165, 1.54) is 6.08 Å². The fourth-order valence-corrected chi connectivity index (χ4v) is 2.24. The fraction of sp³-hybridized carbons (Fsp3) is 0.450. The van der Waals surface area contributed by atoms with Crippen molar-refractivity contribution in [2.24, 2.45) is 5.92 Å². The molecule has 0 unspecified atom stereocenters. The van der Waals surface area contributed by atoms with Crippen LogP contribution in [-0.4, -0.2) is 34.7 Å². The van der Waals surface area contributed by atoms with Gasteiger partial charge in [-0.15, -0.1) is 0 Å². The molecule has 0 saturated heterocycles. The van der Waals surface area contributed by atoms with E-state index in [9.17, 15) is 19.5 Å². The molecule has 1 rings (SSSR count). The lowest BCUT2D eigenvalue weighted by atomic mass is 10.0. The van der Waals surface area contributed by atoms with Crippen molar-refractivity contribution in [2.45, 2.75) is 52.7 Å². The van der Waals surface area contributed by atoms with Crippen molar-refractivity contribution in [3.63, 3.8) is 0 Å². The molecule has 0 fully saturated rings. The third-order valence-electron chi connectivity index (χ3n) is 3.31. The Hall–Kier alpha value is -2.83. The molecule has 2 amide bonds. The van der Waals surface area contributed by atoms with Crippen LogP contribution in [0.3, 0.4) is 0 Å². The van der Waals surface area contributed by atoms with Crippen molar-refractivity contribution < 1.29 is 24.2 Å². The summed E-state index contributed by atoms with van der Waals surface area (Å²) >= 11 is 0. The number of carbonyl (C=O) groups excluding carboxylic acids is 2. The van der Waals surface area contributed by atoms with Crippen LogP contribution in [0, 0.1) is 5.92 Å². The summed E-state index contributed by atoms with van der Waals surface area (Å²) in [5, 5.41) is 14.3. The topological polar surface area (TPSA) is 105 Å². The number of nitrogens with one attached hydrogen (secondary N) is 2. The number of hydrogen-bond acceptors (Lipinski definition) is 4. The van der Waals surface area contributed by atoms with Gasteiger partial charge in [0, 0.05) is 0 Å². The fourth-order valence-electron chi connectivity index (χ4n) is 2.24. The van der Waals surface area contributed by atoms with E-state index >= 15 is 0 Å². The van der Waals surface area contributed by atoms with Gasteiger partial charge >= 0.3 is 12.1 Å². The Balaban J connectivity index is 2.94. The van der Waals surface area contributed by atoms with Crippen LogP contribution >= 0.6 is 0 Å². The first-order valence-corrected chi connectivity index (χ1v) is 8.78. The molecule has 0 aromatic heterocycles. The van der Waals surface area contributed by atoms with E-state index in [0.29, 0.717) is 12.0 Å². The quantitative estimate of drug-likeness (QED) is 0.634. The van der Waals surface area contributed by atoms with Crippen LogP contribution in [0.15, 0.2) is 36.0 Å². The Morgan fingerprint density at radius 2 is 1.74 bits per heavy atom. The number of rotatable bonds is 7. The van der Waals surface area contributed by atoms with E-state index in [1.807, 2.05) is 13.8 Å². The Morgan fingerprint density at radius 3 is 2.22 bits per heavy atom. The van der Waals surface area contributed by atoms with Crippen molar-refractivity contribution >= 4 is 24.0 Å². The Bertz CT molecular complexity index is 690. The second kappa shape index (κ2) is 9.75. The van der Waals surface area contributed by atoms with Crippen LogP contribution in [0.25, 0.3) is 6.08 Å². The molecule has 0 spiro atoms. The van der Waals surface area contributed by atoms with Gasteiger partial charge in [0.25, 0.3) is 0 Å². The zero-order chi connectivity index (χ0) is 20.6. The van der Waals surface area contributed by atoms with E-state index in [0.717, 1.165) is 0 Å². The Labute approximate surface area is 159 Å². The molecular weight excluding hydrogens is 348 g/mol. The lowest BCUT2D eigenvalue weighted by Crippen LogP contribution is -2.49. The minimum Gasteiger partial charge on any atom is -0.477 e.